The zero-order valence-corrected chi connectivity index (χ0v) is 15.7. The standard InChI is InChI=1S/C18H29ClN2O3/c1-5-13(15(19)16(22)20-10-6-7-11-20)14-9-8-12-21(14)17(23)24-18(2,3)4/h5,13-15H,1,6-12H2,2-4H3/t13-,14+,15+/m0/s1. The molecular formula is C18H29ClN2O3. The van der Waals surface area contributed by atoms with Crippen LogP contribution in [0, 0.1) is 5.92 Å². The van der Waals surface area contributed by atoms with E-state index in [4.69, 9.17) is 16.3 Å². The van der Waals surface area contributed by atoms with Crippen molar-refractivity contribution >= 4 is 23.6 Å². The third kappa shape index (κ3) is 4.44. The highest BCUT2D eigenvalue weighted by Crippen LogP contribution is 2.32. The molecule has 2 heterocycles. The van der Waals surface area contributed by atoms with Crippen LogP contribution in [0.2, 0.25) is 0 Å². The molecular weight excluding hydrogens is 328 g/mol. The van der Waals surface area contributed by atoms with Crippen LogP contribution in [0.1, 0.15) is 46.5 Å². The molecule has 2 aliphatic heterocycles. The van der Waals surface area contributed by atoms with E-state index in [1.165, 1.54) is 0 Å². The van der Waals surface area contributed by atoms with Gasteiger partial charge in [-0.2, -0.15) is 0 Å². The SMILES string of the molecule is C=C[C@@H]([C@H]1CCCN1C(=O)OC(C)(C)C)[C@@H](Cl)C(=O)N1CCCC1. The molecule has 0 saturated carbocycles. The fourth-order valence-electron chi connectivity index (χ4n) is 3.49. The molecule has 24 heavy (non-hydrogen) atoms. The third-order valence-corrected chi connectivity index (χ3v) is 5.11. The van der Waals surface area contributed by atoms with Gasteiger partial charge in [0.1, 0.15) is 11.0 Å². The maximum absolute atomic E-state index is 12.6. The van der Waals surface area contributed by atoms with Gasteiger partial charge in [0, 0.05) is 31.6 Å². The van der Waals surface area contributed by atoms with Crippen molar-refractivity contribution in [2.75, 3.05) is 19.6 Å². The van der Waals surface area contributed by atoms with E-state index in [1.54, 1.807) is 11.0 Å². The first-order valence-electron chi connectivity index (χ1n) is 8.79. The van der Waals surface area contributed by atoms with Crippen molar-refractivity contribution in [3.05, 3.63) is 12.7 Å². The second-order valence-corrected chi connectivity index (χ2v) is 8.10. The molecule has 2 amide bonds. The van der Waals surface area contributed by atoms with Crippen LogP contribution >= 0.6 is 11.6 Å². The summed E-state index contributed by atoms with van der Waals surface area (Å²) in [6, 6.07) is -0.133. The number of hydrogen-bond donors (Lipinski definition) is 0. The van der Waals surface area contributed by atoms with Gasteiger partial charge in [-0.05, 0) is 46.5 Å². The average molecular weight is 357 g/mol. The molecule has 0 bridgehead atoms. The van der Waals surface area contributed by atoms with E-state index in [-0.39, 0.29) is 24.0 Å². The summed E-state index contributed by atoms with van der Waals surface area (Å²) in [5, 5.41) is -0.686. The lowest BCUT2D eigenvalue weighted by atomic mass is 9.93. The van der Waals surface area contributed by atoms with Gasteiger partial charge in [-0.1, -0.05) is 6.08 Å². The Morgan fingerprint density at radius 1 is 1.21 bits per heavy atom. The van der Waals surface area contributed by atoms with E-state index in [2.05, 4.69) is 6.58 Å². The van der Waals surface area contributed by atoms with Gasteiger partial charge < -0.3 is 14.5 Å². The number of amides is 2. The van der Waals surface area contributed by atoms with Crippen molar-refractivity contribution in [3.8, 4) is 0 Å². The molecule has 2 saturated heterocycles. The van der Waals surface area contributed by atoms with Crippen molar-refractivity contribution < 1.29 is 14.3 Å². The molecule has 0 unspecified atom stereocenters. The number of halogens is 1. The highest BCUT2D eigenvalue weighted by Gasteiger charge is 2.41. The van der Waals surface area contributed by atoms with Crippen LogP contribution in [0.25, 0.3) is 0 Å². The van der Waals surface area contributed by atoms with Crippen molar-refractivity contribution in [1.82, 2.24) is 9.80 Å². The second-order valence-electron chi connectivity index (χ2n) is 7.63. The summed E-state index contributed by atoms with van der Waals surface area (Å²) in [5.74, 6) is -0.315. The largest absolute Gasteiger partial charge is 0.444 e. The summed E-state index contributed by atoms with van der Waals surface area (Å²) in [6.45, 7) is 11.6. The zero-order valence-electron chi connectivity index (χ0n) is 15.0. The van der Waals surface area contributed by atoms with Crippen LogP contribution in [0.15, 0.2) is 12.7 Å². The molecule has 0 aromatic rings. The van der Waals surface area contributed by atoms with Crippen LogP contribution in [0.5, 0.6) is 0 Å². The Kier molecular flexibility index (Phi) is 6.18. The molecule has 0 radical (unpaired) electrons. The first-order valence-corrected chi connectivity index (χ1v) is 9.23. The van der Waals surface area contributed by atoms with Crippen molar-refractivity contribution in [1.29, 1.82) is 0 Å². The number of carbonyl (C=O) groups is 2. The minimum absolute atomic E-state index is 0.0462. The number of hydrogen-bond acceptors (Lipinski definition) is 3. The molecule has 0 spiro atoms. The van der Waals surface area contributed by atoms with E-state index in [1.807, 2.05) is 25.7 Å². The van der Waals surface area contributed by atoms with Gasteiger partial charge in [-0.3, -0.25) is 4.79 Å². The maximum Gasteiger partial charge on any atom is 0.410 e. The molecule has 6 heteroatoms. The van der Waals surface area contributed by atoms with Gasteiger partial charge in [-0.25, -0.2) is 4.79 Å². The van der Waals surface area contributed by atoms with Crippen molar-refractivity contribution in [2.45, 2.75) is 63.5 Å². The van der Waals surface area contributed by atoms with Gasteiger partial charge in [0.25, 0.3) is 0 Å². The molecule has 0 aromatic heterocycles. The normalized spacial score (nSPS) is 23.9. The molecule has 5 nitrogen and oxygen atoms in total. The van der Waals surface area contributed by atoms with Crippen LogP contribution in [-0.2, 0) is 9.53 Å². The Hall–Kier alpha value is -1.23. The van der Waals surface area contributed by atoms with Crippen LogP contribution in [0.3, 0.4) is 0 Å². The lowest BCUT2D eigenvalue weighted by Crippen LogP contribution is -2.48. The maximum atomic E-state index is 12.6. The van der Waals surface area contributed by atoms with Gasteiger partial charge in [0.05, 0.1) is 0 Å². The lowest BCUT2D eigenvalue weighted by Gasteiger charge is -2.34. The summed E-state index contributed by atoms with van der Waals surface area (Å²) in [6.07, 6.45) is 5.14. The monoisotopic (exact) mass is 356 g/mol. The number of likely N-dealkylation sites (tertiary alicyclic amines) is 2. The fourth-order valence-corrected chi connectivity index (χ4v) is 3.90. The number of carbonyl (C=O) groups excluding carboxylic acids is 2. The second kappa shape index (κ2) is 7.77. The summed E-state index contributed by atoms with van der Waals surface area (Å²) < 4.78 is 5.50. The predicted octanol–water partition coefficient (Wildman–Crippen LogP) is 3.42. The van der Waals surface area contributed by atoms with E-state index in [9.17, 15) is 9.59 Å². The summed E-state index contributed by atoms with van der Waals surface area (Å²) >= 11 is 6.52. The highest BCUT2D eigenvalue weighted by molar-refractivity contribution is 6.31. The Balaban J connectivity index is 2.08. The molecule has 136 valence electrons. The molecule has 0 aromatic carbocycles. The van der Waals surface area contributed by atoms with Gasteiger partial charge in [-0.15, -0.1) is 18.2 Å². The summed E-state index contributed by atoms with van der Waals surface area (Å²) in [5.41, 5.74) is -0.542. The van der Waals surface area contributed by atoms with Crippen LogP contribution in [-0.4, -0.2) is 58.5 Å². The Labute approximate surface area is 150 Å². The number of nitrogens with zero attached hydrogens (tertiary/aromatic N) is 2. The Morgan fingerprint density at radius 3 is 2.38 bits per heavy atom. The van der Waals surface area contributed by atoms with E-state index in [0.717, 1.165) is 38.8 Å². The van der Waals surface area contributed by atoms with Crippen molar-refractivity contribution in [2.24, 2.45) is 5.92 Å². The number of ether oxygens (including phenoxy) is 1. The van der Waals surface area contributed by atoms with Crippen LogP contribution in [0.4, 0.5) is 4.79 Å². The van der Waals surface area contributed by atoms with Crippen LogP contribution < -0.4 is 0 Å². The molecule has 3 atom stereocenters. The van der Waals surface area contributed by atoms with E-state index in [0.29, 0.717) is 6.54 Å². The predicted molar refractivity (Wildman–Crippen MR) is 95.1 cm³/mol. The van der Waals surface area contributed by atoms with Crippen molar-refractivity contribution in [3.63, 3.8) is 0 Å². The first-order chi connectivity index (χ1) is 11.2. The topological polar surface area (TPSA) is 49.9 Å². The van der Waals surface area contributed by atoms with E-state index >= 15 is 0 Å². The smallest absolute Gasteiger partial charge is 0.410 e. The quantitative estimate of drug-likeness (QED) is 0.573. The summed E-state index contributed by atoms with van der Waals surface area (Å²) in [4.78, 5) is 28.6. The summed E-state index contributed by atoms with van der Waals surface area (Å²) in [7, 11) is 0. The zero-order chi connectivity index (χ0) is 17.9. The number of rotatable bonds is 4. The highest BCUT2D eigenvalue weighted by atomic mass is 35.5. The molecule has 0 N–H and O–H groups in total. The number of alkyl halides is 1. The molecule has 2 rings (SSSR count). The minimum Gasteiger partial charge on any atom is -0.444 e. The Morgan fingerprint density at radius 2 is 1.83 bits per heavy atom. The minimum atomic E-state index is -0.686. The molecule has 2 fully saturated rings. The van der Waals surface area contributed by atoms with Gasteiger partial charge in [0.2, 0.25) is 5.91 Å². The third-order valence-electron chi connectivity index (χ3n) is 4.64. The molecule has 2 aliphatic rings. The average Bonchev–Trinajstić information content (AvgIpc) is 3.17. The van der Waals surface area contributed by atoms with E-state index < -0.39 is 11.0 Å². The first kappa shape index (κ1) is 19.1. The molecule has 0 aliphatic carbocycles. The van der Waals surface area contributed by atoms with Gasteiger partial charge in [0.15, 0.2) is 0 Å². The van der Waals surface area contributed by atoms with Gasteiger partial charge >= 0.3 is 6.09 Å². The lowest BCUT2D eigenvalue weighted by molar-refractivity contribution is -0.130. The Bertz CT molecular complexity index is 483. The fraction of sp³-hybridized carbons (Fsp3) is 0.778.